The number of hydrogen-bond donors (Lipinski definition) is 1. The highest BCUT2D eigenvalue weighted by Crippen LogP contribution is 2.30. The van der Waals surface area contributed by atoms with Gasteiger partial charge in [-0.2, -0.15) is 0 Å². The molecule has 1 N–H and O–H groups in total. The molecular weight excluding hydrogens is 382 g/mol. The zero-order valence-electron chi connectivity index (χ0n) is 15.7. The first-order chi connectivity index (χ1) is 13.9. The highest BCUT2D eigenvalue weighted by Gasteiger charge is 2.40. The number of fused-ring (bicyclic) bond motifs is 1. The molecule has 0 radical (unpaired) electrons. The molecule has 1 fully saturated rings. The van der Waals surface area contributed by atoms with Gasteiger partial charge < -0.3 is 10.1 Å². The predicted molar refractivity (Wildman–Crippen MR) is 99.1 cm³/mol. The van der Waals surface area contributed by atoms with Gasteiger partial charge in [0.05, 0.1) is 16.9 Å². The number of hydrogen-bond acceptors (Lipinski definition) is 7. The van der Waals surface area contributed by atoms with Crippen LogP contribution in [0.15, 0.2) is 18.2 Å². The maximum atomic E-state index is 12.4. The Kier molecular flexibility index (Phi) is 6.20. The van der Waals surface area contributed by atoms with Gasteiger partial charge in [0.1, 0.15) is 5.56 Å². The molecule has 154 valence electrons. The summed E-state index contributed by atoms with van der Waals surface area (Å²) in [5.41, 5.74) is -0.794. The highest BCUT2D eigenvalue weighted by molar-refractivity contribution is 6.23. The van der Waals surface area contributed by atoms with E-state index in [0.717, 1.165) is 43.1 Å². The van der Waals surface area contributed by atoms with Crippen molar-refractivity contribution in [2.75, 3.05) is 13.2 Å². The summed E-state index contributed by atoms with van der Waals surface area (Å²) in [4.78, 5) is 59.7. The van der Waals surface area contributed by atoms with Crippen LogP contribution in [0.4, 0.5) is 5.69 Å². The fourth-order valence-electron chi connectivity index (χ4n) is 3.61. The van der Waals surface area contributed by atoms with Crippen LogP contribution in [0.25, 0.3) is 0 Å². The van der Waals surface area contributed by atoms with Gasteiger partial charge in [-0.25, -0.2) is 0 Å². The fraction of sp³-hybridized carbons (Fsp3) is 0.474. The summed E-state index contributed by atoms with van der Waals surface area (Å²) in [5.74, 6) is -2.65. The first-order valence-electron chi connectivity index (χ1n) is 9.47. The number of nitrogens with zero attached hydrogens (tertiary/aromatic N) is 2. The van der Waals surface area contributed by atoms with Crippen LogP contribution < -0.4 is 5.32 Å². The van der Waals surface area contributed by atoms with Crippen LogP contribution in [0.3, 0.4) is 0 Å². The molecule has 10 nitrogen and oxygen atoms in total. The quantitative estimate of drug-likeness (QED) is 0.316. The van der Waals surface area contributed by atoms with Crippen molar-refractivity contribution in [2.24, 2.45) is 0 Å². The standard InChI is InChI=1S/C19H21N3O7/c23-15(20-12-5-2-1-3-6-12)11-29-16(24)9-10-21-18(25)13-7-4-8-14(22(27)28)17(13)19(21)26/h4,7-8,12H,1-3,5-6,9-11H2,(H,20,23). The van der Waals surface area contributed by atoms with Crippen LogP contribution >= 0.6 is 0 Å². The Labute approximate surface area is 166 Å². The van der Waals surface area contributed by atoms with Gasteiger partial charge in [0.25, 0.3) is 23.4 Å². The summed E-state index contributed by atoms with van der Waals surface area (Å²) >= 11 is 0. The Morgan fingerprint density at radius 3 is 2.59 bits per heavy atom. The number of carbonyl (C=O) groups excluding carboxylic acids is 4. The number of ether oxygens (including phenoxy) is 1. The van der Waals surface area contributed by atoms with E-state index in [0.29, 0.717) is 0 Å². The van der Waals surface area contributed by atoms with Crippen molar-refractivity contribution in [2.45, 2.75) is 44.6 Å². The molecule has 29 heavy (non-hydrogen) atoms. The van der Waals surface area contributed by atoms with Crippen molar-refractivity contribution in [3.05, 3.63) is 39.4 Å². The van der Waals surface area contributed by atoms with Crippen molar-refractivity contribution in [1.29, 1.82) is 0 Å². The number of amides is 3. The number of nitrogens with one attached hydrogen (secondary N) is 1. The normalized spacial score (nSPS) is 16.5. The van der Waals surface area contributed by atoms with Crippen LogP contribution in [0.2, 0.25) is 0 Å². The van der Waals surface area contributed by atoms with Gasteiger partial charge in [-0.15, -0.1) is 0 Å². The molecule has 0 aromatic heterocycles. The molecule has 1 aliphatic carbocycles. The van der Waals surface area contributed by atoms with E-state index in [1.807, 2.05) is 0 Å². The zero-order valence-corrected chi connectivity index (χ0v) is 15.7. The van der Waals surface area contributed by atoms with E-state index >= 15 is 0 Å². The number of nitro benzene ring substituents is 1. The topological polar surface area (TPSA) is 136 Å². The zero-order chi connectivity index (χ0) is 21.0. The van der Waals surface area contributed by atoms with Gasteiger partial charge in [0, 0.05) is 18.7 Å². The molecule has 1 aliphatic heterocycles. The molecule has 0 saturated heterocycles. The molecule has 1 heterocycles. The fourth-order valence-corrected chi connectivity index (χ4v) is 3.61. The molecule has 10 heteroatoms. The average molecular weight is 403 g/mol. The second kappa shape index (κ2) is 8.80. The van der Waals surface area contributed by atoms with Crippen molar-refractivity contribution < 1.29 is 28.8 Å². The van der Waals surface area contributed by atoms with Gasteiger partial charge in [-0.3, -0.25) is 34.2 Å². The van der Waals surface area contributed by atoms with Crippen LogP contribution in [0.1, 0.15) is 59.2 Å². The predicted octanol–water partition coefficient (Wildman–Crippen LogP) is 1.57. The smallest absolute Gasteiger partial charge is 0.308 e. The van der Waals surface area contributed by atoms with Gasteiger partial charge in [-0.05, 0) is 18.9 Å². The average Bonchev–Trinajstić information content (AvgIpc) is 2.95. The van der Waals surface area contributed by atoms with Crippen LogP contribution in [0, 0.1) is 10.1 Å². The monoisotopic (exact) mass is 403 g/mol. The molecule has 1 aromatic rings. The summed E-state index contributed by atoms with van der Waals surface area (Å²) in [6.45, 7) is -0.713. The Hall–Kier alpha value is -3.30. The second-order valence-electron chi connectivity index (χ2n) is 7.03. The van der Waals surface area contributed by atoms with Gasteiger partial charge in [-0.1, -0.05) is 25.3 Å². The van der Waals surface area contributed by atoms with Crippen molar-refractivity contribution in [1.82, 2.24) is 10.2 Å². The largest absolute Gasteiger partial charge is 0.456 e. The number of carbonyl (C=O) groups is 4. The summed E-state index contributed by atoms with van der Waals surface area (Å²) in [7, 11) is 0. The lowest BCUT2D eigenvalue weighted by Gasteiger charge is -2.22. The van der Waals surface area contributed by atoms with Crippen molar-refractivity contribution >= 4 is 29.4 Å². The van der Waals surface area contributed by atoms with E-state index in [4.69, 9.17) is 4.74 Å². The molecular formula is C19H21N3O7. The maximum absolute atomic E-state index is 12.4. The number of rotatable bonds is 7. The summed E-state index contributed by atoms with van der Waals surface area (Å²) in [6.07, 6.45) is 4.78. The number of nitro groups is 1. The van der Waals surface area contributed by atoms with Crippen molar-refractivity contribution in [3.63, 3.8) is 0 Å². The molecule has 3 rings (SSSR count). The molecule has 1 aromatic carbocycles. The minimum absolute atomic E-state index is 0.0653. The first-order valence-corrected chi connectivity index (χ1v) is 9.47. The summed E-state index contributed by atoms with van der Waals surface area (Å²) < 4.78 is 4.91. The van der Waals surface area contributed by atoms with E-state index in [2.05, 4.69) is 5.32 Å². The Morgan fingerprint density at radius 1 is 1.17 bits per heavy atom. The van der Waals surface area contributed by atoms with Crippen LogP contribution in [-0.4, -0.2) is 52.7 Å². The van der Waals surface area contributed by atoms with E-state index < -0.39 is 35.0 Å². The van der Waals surface area contributed by atoms with E-state index in [-0.39, 0.29) is 36.0 Å². The minimum Gasteiger partial charge on any atom is -0.456 e. The maximum Gasteiger partial charge on any atom is 0.308 e. The van der Waals surface area contributed by atoms with E-state index in [1.54, 1.807) is 0 Å². The third-order valence-electron chi connectivity index (χ3n) is 5.05. The highest BCUT2D eigenvalue weighted by atomic mass is 16.6. The van der Waals surface area contributed by atoms with E-state index in [1.165, 1.54) is 12.1 Å². The molecule has 1 saturated carbocycles. The minimum atomic E-state index is -0.819. The Morgan fingerprint density at radius 2 is 1.90 bits per heavy atom. The van der Waals surface area contributed by atoms with Crippen LogP contribution in [0.5, 0.6) is 0 Å². The second-order valence-corrected chi connectivity index (χ2v) is 7.03. The third-order valence-corrected chi connectivity index (χ3v) is 5.05. The molecule has 0 spiro atoms. The first kappa shape index (κ1) is 20.4. The van der Waals surface area contributed by atoms with Gasteiger partial charge in [0.15, 0.2) is 6.61 Å². The Balaban J connectivity index is 1.49. The number of imide groups is 1. The third kappa shape index (κ3) is 4.58. The molecule has 3 amide bonds. The molecule has 2 aliphatic rings. The van der Waals surface area contributed by atoms with Crippen LogP contribution in [-0.2, 0) is 14.3 Å². The molecule has 0 atom stereocenters. The van der Waals surface area contributed by atoms with Gasteiger partial charge >= 0.3 is 5.97 Å². The lowest BCUT2D eigenvalue weighted by Crippen LogP contribution is -2.39. The summed E-state index contributed by atoms with van der Waals surface area (Å²) in [5, 5.41) is 13.9. The number of esters is 1. The molecule has 0 bridgehead atoms. The lowest BCUT2D eigenvalue weighted by atomic mass is 9.95. The van der Waals surface area contributed by atoms with Crippen molar-refractivity contribution in [3.8, 4) is 0 Å². The van der Waals surface area contributed by atoms with E-state index in [9.17, 15) is 29.3 Å². The lowest BCUT2D eigenvalue weighted by molar-refractivity contribution is -0.385. The SMILES string of the molecule is O=C(COC(=O)CCN1C(=O)c2cccc([N+](=O)[O-])c2C1=O)NC1CCCCC1. The Bertz CT molecular complexity index is 861. The number of benzene rings is 1. The van der Waals surface area contributed by atoms with Gasteiger partial charge in [0.2, 0.25) is 0 Å². The molecule has 0 unspecified atom stereocenters. The summed E-state index contributed by atoms with van der Waals surface area (Å²) in [6, 6.07) is 3.90.